The number of amidine groups is 1. The fourth-order valence-corrected chi connectivity index (χ4v) is 4.41. The first-order valence-electron chi connectivity index (χ1n) is 12.4. The van der Waals surface area contributed by atoms with Gasteiger partial charge in [-0.15, -0.1) is 0 Å². The maximum atomic E-state index is 11.4. The summed E-state index contributed by atoms with van der Waals surface area (Å²) >= 11 is 0. The van der Waals surface area contributed by atoms with Crippen molar-refractivity contribution in [3.8, 4) is 5.88 Å². The van der Waals surface area contributed by atoms with Crippen LogP contribution >= 0.6 is 0 Å². The number of carboxylic acids is 1. The summed E-state index contributed by atoms with van der Waals surface area (Å²) in [4.78, 5) is 20.7. The molecule has 2 aliphatic rings. The van der Waals surface area contributed by atoms with Gasteiger partial charge in [-0.1, -0.05) is 61.1 Å². The number of aromatic nitrogens is 1. The van der Waals surface area contributed by atoms with E-state index in [0.29, 0.717) is 12.4 Å². The number of hydrogen-bond acceptors (Lipinski definition) is 5. The molecule has 2 heterocycles. The van der Waals surface area contributed by atoms with E-state index in [-0.39, 0.29) is 12.1 Å². The van der Waals surface area contributed by atoms with Crippen LogP contribution in [0.5, 0.6) is 5.88 Å². The standard InChI is InChI=1S/C30H35N3O3/c1-6-21-12-13-22(25-17-31-26(16-20(25)2)36-19-29(3,4)28(34)35)14-15-24(21)27-32-18-30(5,33-27)23-10-8-7-9-11-23/h7-11,13-17H,6,12,18-19H2,1-5H3,(H,32,33)(H,34,35). The highest BCUT2D eigenvalue weighted by atomic mass is 16.5. The number of rotatable bonds is 8. The van der Waals surface area contributed by atoms with Crippen LogP contribution in [0.15, 0.2) is 77.0 Å². The van der Waals surface area contributed by atoms with Gasteiger partial charge in [-0.25, -0.2) is 4.98 Å². The predicted molar refractivity (Wildman–Crippen MR) is 144 cm³/mol. The molecule has 0 fully saturated rings. The van der Waals surface area contributed by atoms with Crippen molar-refractivity contribution in [3.05, 3.63) is 88.7 Å². The molecule has 4 rings (SSSR count). The molecule has 0 amide bonds. The monoisotopic (exact) mass is 485 g/mol. The van der Waals surface area contributed by atoms with Crippen LogP contribution in [0.4, 0.5) is 0 Å². The molecule has 188 valence electrons. The van der Waals surface area contributed by atoms with Crippen LogP contribution in [-0.4, -0.2) is 35.0 Å². The summed E-state index contributed by atoms with van der Waals surface area (Å²) in [7, 11) is 0. The molecule has 1 aliphatic carbocycles. The SMILES string of the molecule is CCC1=C(C2=NCC(C)(c3ccccc3)N2)C=CC(c2cnc(OCC(C)(C)C(=O)O)cc2C)=CC1. The molecular weight excluding hydrogens is 450 g/mol. The second-order valence-corrected chi connectivity index (χ2v) is 10.4. The van der Waals surface area contributed by atoms with E-state index in [9.17, 15) is 9.90 Å². The number of aryl methyl sites for hydroxylation is 1. The number of hydrogen-bond donors (Lipinski definition) is 2. The van der Waals surface area contributed by atoms with Crippen LogP contribution in [0.25, 0.3) is 5.57 Å². The van der Waals surface area contributed by atoms with E-state index in [2.05, 4.69) is 66.6 Å². The number of carboxylic acid groups (broad SMARTS) is 1. The number of carbonyl (C=O) groups is 1. The molecule has 0 saturated heterocycles. The van der Waals surface area contributed by atoms with E-state index in [0.717, 1.165) is 41.0 Å². The summed E-state index contributed by atoms with van der Waals surface area (Å²) in [5.74, 6) is 0.482. The van der Waals surface area contributed by atoms with Gasteiger partial charge in [0.25, 0.3) is 0 Å². The number of ether oxygens (including phenoxy) is 1. The average molecular weight is 486 g/mol. The zero-order valence-corrected chi connectivity index (χ0v) is 21.8. The van der Waals surface area contributed by atoms with Crippen LogP contribution in [0.1, 0.15) is 57.2 Å². The highest BCUT2D eigenvalue weighted by Gasteiger charge is 2.33. The third-order valence-corrected chi connectivity index (χ3v) is 6.98. The van der Waals surface area contributed by atoms with Gasteiger partial charge < -0.3 is 15.2 Å². The molecule has 1 atom stereocenters. The largest absolute Gasteiger partial charge is 0.481 e. The Morgan fingerprint density at radius 1 is 1.22 bits per heavy atom. The van der Waals surface area contributed by atoms with Crippen molar-refractivity contribution in [1.29, 1.82) is 0 Å². The number of aliphatic carboxylic acids is 1. The number of pyridine rings is 1. The molecular formula is C30H35N3O3. The third-order valence-electron chi connectivity index (χ3n) is 6.98. The lowest BCUT2D eigenvalue weighted by atomic mass is 9.92. The van der Waals surface area contributed by atoms with E-state index >= 15 is 0 Å². The van der Waals surface area contributed by atoms with Gasteiger partial charge in [0.15, 0.2) is 0 Å². The molecule has 36 heavy (non-hydrogen) atoms. The van der Waals surface area contributed by atoms with Gasteiger partial charge in [0, 0.05) is 23.4 Å². The van der Waals surface area contributed by atoms with E-state index in [1.807, 2.05) is 25.3 Å². The molecule has 6 heteroatoms. The minimum atomic E-state index is -0.979. The normalized spacial score (nSPS) is 19.9. The first-order valence-corrected chi connectivity index (χ1v) is 12.4. The number of aliphatic imine (C=N–C) groups is 1. The van der Waals surface area contributed by atoms with Gasteiger partial charge in [-0.05, 0) is 57.2 Å². The average Bonchev–Trinajstić information content (AvgIpc) is 3.14. The fraction of sp³-hybridized carbons (Fsp3) is 0.367. The molecule has 6 nitrogen and oxygen atoms in total. The van der Waals surface area contributed by atoms with Crippen molar-refractivity contribution >= 4 is 17.4 Å². The summed E-state index contributed by atoms with van der Waals surface area (Å²) < 4.78 is 5.69. The highest BCUT2D eigenvalue weighted by Crippen LogP contribution is 2.32. The summed E-state index contributed by atoms with van der Waals surface area (Å²) in [6, 6.07) is 12.3. The topological polar surface area (TPSA) is 83.8 Å². The summed E-state index contributed by atoms with van der Waals surface area (Å²) in [6.45, 7) is 10.4. The first kappa shape index (κ1) is 25.4. The predicted octanol–water partition coefficient (Wildman–Crippen LogP) is 5.85. The Morgan fingerprint density at radius 3 is 2.64 bits per heavy atom. The zero-order valence-electron chi connectivity index (χ0n) is 21.8. The zero-order chi connectivity index (χ0) is 25.9. The Hall–Kier alpha value is -3.67. The van der Waals surface area contributed by atoms with Crippen LogP contribution in [0.3, 0.4) is 0 Å². The highest BCUT2D eigenvalue weighted by molar-refractivity contribution is 6.04. The molecule has 0 radical (unpaired) electrons. The maximum Gasteiger partial charge on any atom is 0.312 e. The van der Waals surface area contributed by atoms with Crippen molar-refractivity contribution in [3.63, 3.8) is 0 Å². The molecule has 2 aromatic rings. The van der Waals surface area contributed by atoms with E-state index < -0.39 is 11.4 Å². The van der Waals surface area contributed by atoms with Gasteiger partial charge >= 0.3 is 5.97 Å². The van der Waals surface area contributed by atoms with E-state index in [1.165, 1.54) is 11.1 Å². The van der Waals surface area contributed by atoms with Crippen LogP contribution in [-0.2, 0) is 10.3 Å². The number of allylic oxidation sites excluding steroid dienone is 4. The Bertz CT molecular complexity index is 1270. The molecule has 0 bridgehead atoms. The second-order valence-electron chi connectivity index (χ2n) is 10.4. The Labute approximate surface area is 213 Å². The summed E-state index contributed by atoms with van der Waals surface area (Å²) in [5.41, 5.74) is 5.69. The Morgan fingerprint density at radius 2 is 1.97 bits per heavy atom. The molecule has 1 aromatic heterocycles. The molecule has 0 saturated carbocycles. The summed E-state index contributed by atoms with van der Waals surface area (Å²) in [5, 5.41) is 13.0. The summed E-state index contributed by atoms with van der Waals surface area (Å²) in [6.07, 6.45) is 10.1. The van der Waals surface area contributed by atoms with Gasteiger partial charge in [-0.2, -0.15) is 0 Å². The Kier molecular flexibility index (Phi) is 7.16. The lowest BCUT2D eigenvalue weighted by molar-refractivity contribution is -0.148. The van der Waals surface area contributed by atoms with Crippen molar-refractivity contribution in [2.45, 2.75) is 53.0 Å². The molecule has 1 aromatic carbocycles. The minimum Gasteiger partial charge on any atom is -0.481 e. The van der Waals surface area contributed by atoms with Crippen molar-refractivity contribution in [2.75, 3.05) is 13.2 Å². The Balaban J connectivity index is 1.52. The van der Waals surface area contributed by atoms with Crippen LogP contribution < -0.4 is 10.1 Å². The van der Waals surface area contributed by atoms with Crippen LogP contribution in [0, 0.1) is 12.3 Å². The minimum absolute atomic E-state index is 0.0564. The van der Waals surface area contributed by atoms with Crippen LogP contribution in [0.2, 0.25) is 0 Å². The number of nitrogens with one attached hydrogen (secondary N) is 1. The first-order chi connectivity index (χ1) is 17.1. The number of nitrogens with zero attached hydrogens (tertiary/aromatic N) is 2. The fourth-order valence-electron chi connectivity index (χ4n) is 4.41. The van der Waals surface area contributed by atoms with Gasteiger partial charge in [0.05, 0.1) is 17.5 Å². The lowest BCUT2D eigenvalue weighted by Gasteiger charge is -2.26. The number of benzene rings is 1. The van der Waals surface area contributed by atoms with Gasteiger partial charge in [-0.3, -0.25) is 9.79 Å². The van der Waals surface area contributed by atoms with Gasteiger partial charge in [0.2, 0.25) is 5.88 Å². The van der Waals surface area contributed by atoms with E-state index in [4.69, 9.17) is 9.73 Å². The third kappa shape index (κ3) is 5.27. The van der Waals surface area contributed by atoms with Crippen molar-refractivity contribution < 1.29 is 14.6 Å². The van der Waals surface area contributed by atoms with Gasteiger partial charge in [0.1, 0.15) is 12.4 Å². The van der Waals surface area contributed by atoms with E-state index in [1.54, 1.807) is 13.8 Å². The quantitative estimate of drug-likeness (QED) is 0.490. The second kappa shape index (κ2) is 10.1. The lowest BCUT2D eigenvalue weighted by Crippen LogP contribution is -2.40. The van der Waals surface area contributed by atoms with Crippen molar-refractivity contribution in [2.24, 2.45) is 10.4 Å². The van der Waals surface area contributed by atoms with Crippen molar-refractivity contribution in [1.82, 2.24) is 10.3 Å². The molecule has 1 aliphatic heterocycles. The smallest absolute Gasteiger partial charge is 0.312 e. The molecule has 1 unspecified atom stereocenters. The maximum absolute atomic E-state index is 11.4. The molecule has 2 N–H and O–H groups in total. The molecule has 0 spiro atoms.